The average molecular weight is 183 g/mol. The third-order valence-corrected chi connectivity index (χ3v) is 3.76. The largest absolute Gasteiger partial charge is 0.381 e. The van der Waals surface area contributed by atoms with Crippen molar-refractivity contribution in [1.29, 1.82) is 0 Å². The van der Waals surface area contributed by atoms with E-state index in [0.717, 1.165) is 31.1 Å². The van der Waals surface area contributed by atoms with Crippen LogP contribution in [0.1, 0.15) is 26.7 Å². The third-order valence-electron chi connectivity index (χ3n) is 3.76. The fourth-order valence-electron chi connectivity index (χ4n) is 2.41. The van der Waals surface area contributed by atoms with E-state index in [1.54, 1.807) is 0 Å². The van der Waals surface area contributed by atoms with Gasteiger partial charge in [0.15, 0.2) is 0 Å². The third kappa shape index (κ3) is 2.05. The summed E-state index contributed by atoms with van der Waals surface area (Å²) in [6.07, 6.45) is 2.55. The van der Waals surface area contributed by atoms with E-state index >= 15 is 0 Å². The molecule has 2 aliphatic rings. The van der Waals surface area contributed by atoms with Crippen LogP contribution in [-0.2, 0) is 4.74 Å². The molecule has 2 atom stereocenters. The van der Waals surface area contributed by atoms with Crippen LogP contribution in [0.2, 0.25) is 0 Å². The van der Waals surface area contributed by atoms with Crippen molar-refractivity contribution < 1.29 is 4.74 Å². The molecule has 0 aromatic heterocycles. The van der Waals surface area contributed by atoms with E-state index in [4.69, 9.17) is 4.74 Å². The molecule has 2 rings (SSSR count). The molecule has 2 fully saturated rings. The molecule has 13 heavy (non-hydrogen) atoms. The van der Waals surface area contributed by atoms with Crippen molar-refractivity contribution in [3.8, 4) is 0 Å². The SMILES string of the molecule is CC1CN(CC2CCOCC2)C1C. The van der Waals surface area contributed by atoms with E-state index in [1.165, 1.54) is 25.9 Å². The number of hydrogen-bond donors (Lipinski definition) is 0. The number of hydrogen-bond acceptors (Lipinski definition) is 2. The van der Waals surface area contributed by atoms with Gasteiger partial charge in [-0.3, -0.25) is 4.90 Å². The average Bonchev–Trinajstić information content (AvgIpc) is 2.19. The molecule has 2 aliphatic heterocycles. The minimum absolute atomic E-state index is 0.822. The smallest absolute Gasteiger partial charge is 0.0469 e. The molecule has 0 saturated carbocycles. The highest BCUT2D eigenvalue weighted by molar-refractivity contribution is 4.87. The summed E-state index contributed by atoms with van der Waals surface area (Å²) in [6.45, 7) is 9.32. The van der Waals surface area contributed by atoms with Crippen LogP contribution in [0.5, 0.6) is 0 Å². The van der Waals surface area contributed by atoms with Crippen LogP contribution in [0, 0.1) is 11.8 Å². The quantitative estimate of drug-likeness (QED) is 0.646. The van der Waals surface area contributed by atoms with Crippen molar-refractivity contribution in [2.45, 2.75) is 32.7 Å². The van der Waals surface area contributed by atoms with Crippen LogP contribution < -0.4 is 0 Å². The molecule has 0 aliphatic carbocycles. The fourth-order valence-corrected chi connectivity index (χ4v) is 2.41. The maximum atomic E-state index is 5.36. The van der Waals surface area contributed by atoms with Gasteiger partial charge in [0.2, 0.25) is 0 Å². The first kappa shape index (κ1) is 9.47. The van der Waals surface area contributed by atoms with Crippen LogP contribution >= 0.6 is 0 Å². The molecule has 76 valence electrons. The molecule has 0 bridgehead atoms. The molecule has 2 heterocycles. The van der Waals surface area contributed by atoms with E-state index in [0.29, 0.717) is 0 Å². The molecule has 0 radical (unpaired) electrons. The van der Waals surface area contributed by atoms with Gasteiger partial charge >= 0.3 is 0 Å². The van der Waals surface area contributed by atoms with Crippen LogP contribution in [0.3, 0.4) is 0 Å². The summed E-state index contributed by atoms with van der Waals surface area (Å²) in [5, 5.41) is 0. The molecular formula is C11H21NO. The van der Waals surface area contributed by atoms with Crippen molar-refractivity contribution >= 4 is 0 Å². The van der Waals surface area contributed by atoms with Gasteiger partial charge in [0.05, 0.1) is 0 Å². The lowest BCUT2D eigenvalue weighted by molar-refractivity contribution is -0.00495. The molecule has 0 spiro atoms. The Hall–Kier alpha value is -0.0800. The Morgan fingerprint density at radius 1 is 1.23 bits per heavy atom. The van der Waals surface area contributed by atoms with Gasteiger partial charge in [-0.15, -0.1) is 0 Å². The number of rotatable bonds is 2. The summed E-state index contributed by atoms with van der Waals surface area (Å²) in [5.41, 5.74) is 0. The molecule has 0 aromatic rings. The lowest BCUT2D eigenvalue weighted by Crippen LogP contribution is -2.54. The van der Waals surface area contributed by atoms with Gasteiger partial charge in [-0.05, 0) is 31.6 Å². The van der Waals surface area contributed by atoms with E-state index in [1.807, 2.05) is 0 Å². The second kappa shape index (κ2) is 3.97. The van der Waals surface area contributed by atoms with Gasteiger partial charge < -0.3 is 4.74 Å². The molecule has 2 heteroatoms. The van der Waals surface area contributed by atoms with E-state index in [-0.39, 0.29) is 0 Å². The number of likely N-dealkylation sites (tertiary alicyclic amines) is 1. The zero-order chi connectivity index (χ0) is 9.26. The fraction of sp³-hybridized carbons (Fsp3) is 1.00. The lowest BCUT2D eigenvalue weighted by atomic mass is 9.89. The van der Waals surface area contributed by atoms with Gasteiger partial charge in [0.25, 0.3) is 0 Å². The Morgan fingerprint density at radius 2 is 1.92 bits per heavy atom. The number of nitrogens with zero attached hydrogens (tertiary/aromatic N) is 1. The normalized spacial score (nSPS) is 37.4. The maximum absolute atomic E-state index is 5.36. The molecular weight excluding hydrogens is 162 g/mol. The van der Waals surface area contributed by atoms with Crippen molar-refractivity contribution in [3.05, 3.63) is 0 Å². The van der Waals surface area contributed by atoms with Crippen LogP contribution in [0.25, 0.3) is 0 Å². The molecule has 2 saturated heterocycles. The van der Waals surface area contributed by atoms with Crippen LogP contribution in [0.4, 0.5) is 0 Å². The van der Waals surface area contributed by atoms with Crippen molar-refractivity contribution in [1.82, 2.24) is 4.90 Å². The summed E-state index contributed by atoms with van der Waals surface area (Å²) >= 11 is 0. The van der Waals surface area contributed by atoms with Gasteiger partial charge in [-0.1, -0.05) is 6.92 Å². The Bertz CT molecular complexity index is 163. The number of ether oxygens (including phenoxy) is 1. The van der Waals surface area contributed by atoms with Gasteiger partial charge in [-0.25, -0.2) is 0 Å². The van der Waals surface area contributed by atoms with Crippen molar-refractivity contribution in [3.63, 3.8) is 0 Å². The first-order valence-corrected chi connectivity index (χ1v) is 5.59. The predicted molar refractivity (Wildman–Crippen MR) is 53.7 cm³/mol. The molecule has 0 aromatic carbocycles. The highest BCUT2D eigenvalue weighted by Gasteiger charge is 2.33. The zero-order valence-electron chi connectivity index (χ0n) is 8.83. The Balaban J connectivity index is 1.72. The Morgan fingerprint density at radius 3 is 2.46 bits per heavy atom. The first-order valence-electron chi connectivity index (χ1n) is 5.59. The van der Waals surface area contributed by atoms with E-state index in [9.17, 15) is 0 Å². The maximum Gasteiger partial charge on any atom is 0.0469 e. The molecule has 0 amide bonds. The highest BCUT2D eigenvalue weighted by atomic mass is 16.5. The van der Waals surface area contributed by atoms with Gasteiger partial charge in [-0.2, -0.15) is 0 Å². The van der Waals surface area contributed by atoms with Crippen molar-refractivity contribution in [2.24, 2.45) is 11.8 Å². The Kier molecular flexibility index (Phi) is 2.89. The summed E-state index contributed by atoms with van der Waals surface area (Å²) in [7, 11) is 0. The molecule has 2 unspecified atom stereocenters. The van der Waals surface area contributed by atoms with Crippen LogP contribution in [0.15, 0.2) is 0 Å². The minimum Gasteiger partial charge on any atom is -0.381 e. The van der Waals surface area contributed by atoms with Gasteiger partial charge in [0, 0.05) is 32.3 Å². The Labute approximate surface area is 81.3 Å². The second-order valence-corrected chi connectivity index (χ2v) is 4.73. The second-order valence-electron chi connectivity index (χ2n) is 4.73. The van der Waals surface area contributed by atoms with Crippen molar-refractivity contribution in [2.75, 3.05) is 26.3 Å². The van der Waals surface area contributed by atoms with E-state index in [2.05, 4.69) is 18.7 Å². The van der Waals surface area contributed by atoms with Gasteiger partial charge in [0.1, 0.15) is 0 Å². The summed E-state index contributed by atoms with van der Waals surface area (Å²) in [6, 6.07) is 0.822. The highest BCUT2D eigenvalue weighted by Crippen LogP contribution is 2.27. The summed E-state index contributed by atoms with van der Waals surface area (Å²) in [4.78, 5) is 2.63. The minimum atomic E-state index is 0.822. The first-order chi connectivity index (χ1) is 6.27. The topological polar surface area (TPSA) is 12.5 Å². The molecule has 2 nitrogen and oxygen atoms in total. The molecule has 0 N–H and O–H groups in total. The summed E-state index contributed by atoms with van der Waals surface area (Å²) in [5.74, 6) is 1.82. The standard InChI is InChI=1S/C11H21NO/c1-9-7-12(10(9)2)8-11-3-5-13-6-4-11/h9-11H,3-8H2,1-2H3. The lowest BCUT2D eigenvalue weighted by Gasteiger charge is -2.46. The van der Waals surface area contributed by atoms with E-state index < -0.39 is 0 Å². The predicted octanol–water partition coefficient (Wildman–Crippen LogP) is 1.75. The monoisotopic (exact) mass is 183 g/mol. The zero-order valence-corrected chi connectivity index (χ0v) is 8.83. The van der Waals surface area contributed by atoms with Crippen LogP contribution in [-0.4, -0.2) is 37.2 Å². The summed E-state index contributed by atoms with van der Waals surface area (Å²) < 4.78 is 5.36.